The minimum Gasteiger partial charge on any atom is -0.493 e. The van der Waals surface area contributed by atoms with Crippen LogP contribution in [0, 0.1) is 0 Å². The van der Waals surface area contributed by atoms with Gasteiger partial charge in [0.05, 0.1) is 20.3 Å². The Morgan fingerprint density at radius 1 is 1.12 bits per heavy atom. The van der Waals surface area contributed by atoms with E-state index in [1.54, 1.807) is 18.2 Å². The van der Waals surface area contributed by atoms with Crippen LogP contribution in [-0.2, 0) is 6.18 Å². The van der Waals surface area contributed by atoms with Gasteiger partial charge in [0.2, 0.25) is 0 Å². The molecule has 1 unspecified atom stereocenters. The van der Waals surface area contributed by atoms with Crippen molar-refractivity contribution in [2.75, 3.05) is 26.1 Å². The number of rotatable bonds is 6. The predicted molar refractivity (Wildman–Crippen MR) is 82.2 cm³/mol. The molecule has 130 valence electrons. The minimum absolute atomic E-state index is 0.0101. The lowest BCUT2D eigenvalue weighted by atomic mass is 10.1. The number of ether oxygens (including phenoxy) is 2. The molecule has 1 heterocycles. The van der Waals surface area contributed by atoms with Gasteiger partial charge in [-0.15, -0.1) is 0 Å². The van der Waals surface area contributed by atoms with Gasteiger partial charge in [0.1, 0.15) is 11.5 Å². The van der Waals surface area contributed by atoms with Gasteiger partial charge in [0, 0.05) is 6.54 Å². The van der Waals surface area contributed by atoms with Crippen molar-refractivity contribution in [3.05, 3.63) is 47.7 Å². The number of nitrogens with one attached hydrogen (secondary N) is 1. The maximum Gasteiger partial charge on any atom is 0.433 e. The lowest BCUT2D eigenvalue weighted by Crippen LogP contribution is -2.15. The van der Waals surface area contributed by atoms with Crippen LogP contribution in [0.1, 0.15) is 17.4 Å². The van der Waals surface area contributed by atoms with Crippen LogP contribution in [0.3, 0.4) is 0 Å². The van der Waals surface area contributed by atoms with E-state index in [9.17, 15) is 18.3 Å². The molecule has 0 aliphatic heterocycles. The van der Waals surface area contributed by atoms with Gasteiger partial charge < -0.3 is 19.9 Å². The second kappa shape index (κ2) is 7.39. The smallest absolute Gasteiger partial charge is 0.433 e. The third-order valence-electron chi connectivity index (χ3n) is 3.31. The number of halogens is 3. The SMILES string of the molecule is COc1ccc(C(O)CNc2cccc(C(F)(F)F)n2)cc1OC. The molecule has 0 radical (unpaired) electrons. The van der Waals surface area contributed by atoms with E-state index in [-0.39, 0.29) is 12.4 Å². The number of methoxy groups -OCH3 is 2. The normalized spacial score (nSPS) is 12.6. The highest BCUT2D eigenvalue weighted by Gasteiger charge is 2.32. The minimum atomic E-state index is -4.51. The van der Waals surface area contributed by atoms with E-state index in [1.807, 2.05) is 0 Å². The molecule has 0 amide bonds. The number of anilines is 1. The van der Waals surface area contributed by atoms with Crippen molar-refractivity contribution in [2.24, 2.45) is 0 Å². The van der Waals surface area contributed by atoms with Gasteiger partial charge in [0.15, 0.2) is 11.5 Å². The van der Waals surface area contributed by atoms with E-state index in [1.165, 1.54) is 26.4 Å². The summed E-state index contributed by atoms with van der Waals surface area (Å²) in [5.41, 5.74) is -0.458. The Morgan fingerprint density at radius 2 is 1.83 bits per heavy atom. The summed E-state index contributed by atoms with van der Waals surface area (Å²) in [6.07, 6.45) is -5.47. The largest absolute Gasteiger partial charge is 0.493 e. The number of aliphatic hydroxyl groups is 1. The van der Waals surface area contributed by atoms with Crippen LogP contribution in [0.15, 0.2) is 36.4 Å². The third-order valence-corrected chi connectivity index (χ3v) is 3.31. The molecular weight excluding hydrogens is 325 g/mol. The van der Waals surface area contributed by atoms with E-state index >= 15 is 0 Å². The summed E-state index contributed by atoms with van der Waals surface area (Å²) < 4.78 is 48.1. The van der Waals surface area contributed by atoms with Gasteiger partial charge in [-0.25, -0.2) is 4.98 Å². The number of alkyl halides is 3. The van der Waals surface area contributed by atoms with Crippen molar-refractivity contribution in [3.8, 4) is 11.5 Å². The lowest BCUT2D eigenvalue weighted by molar-refractivity contribution is -0.141. The zero-order valence-electron chi connectivity index (χ0n) is 13.1. The van der Waals surface area contributed by atoms with Crippen LogP contribution >= 0.6 is 0 Å². The Kier molecular flexibility index (Phi) is 5.50. The standard InChI is InChI=1S/C16H17F3N2O3/c1-23-12-7-6-10(8-13(12)24-2)11(22)9-20-15-5-3-4-14(21-15)16(17,18)19/h3-8,11,22H,9H2,1-2H3,(H,20,21). The van der Waals surface area contributed by atoms with Crippen molar-refractivity contribution < 1.29 is 27.8 Å². The van der Waals surface area contributed by atoms with Gasteiger partial charge in [0.25, 0.3) is 0 Å². The number of hydrogen-bond acceptors (Lipinski definition) is 5. The molecule has 0 aliphatic rings. The highest BCUT2D eigenvalue weighted by atomic mass is 19.4. The molecule has 2 aromatic rings. The van der Waals surface area contributed by atoms with E-state index in [0.717, 1.165) is 6.07 Å². The molecule has 5 nitrogen and oxygen atoms in total. The van der Waals surface area contributed by atoms with Crippen LogP contribution in [-0.4, -0.2) is 30.9 Å². The van der Waals surface area contributed by atoms with Crippen molar-refractivity contribution in [2.45, 2.75) is 12.3 Å². The fourth-order valence-electron chi connectivity index (χ4n) is 2.07. The van der Waals surface area contributed by atoms with Crippen LogP contribution < -0.4 is 14.8 Å². The first kappa shape index (κ1) is 17.9. The van der Waals surface area contributed by atoms with Gasteiger partial charge in [-0.05, 0) is 29.8 Å². The molecule has 0 aliphatic carbocycles. The van der Waals surface area contributed by atoms with Crippen LogP contribution in [0.2, 0.25) is 0 Å². The first-order valence-corrected chi connectivity index (χ1v) is 7.03. The number of pyridine rings is 1. The maximum absolute atomic E-state index is 12.6. The summed E-state index contributed by atoms with van der Waals surface area (Å²) >= 11 is 0. The second-order valence-electron chi connectivity index (χ2n) is 4.92. The van der Waals surface area contributed by atoms with Gasteiger partial charge in [-0.3, -0.25) is 0 Å². The number of aliphatic hydroxyl groups excluding tert-OH is 1. The first-order chi connectivity index (χ1) is 11.3. The Bertz CT molecular complexity index is 693. The van der Waals surface area contributed by atoms with Gasteiger partial charge >= 0.3 is 6.18 Å². The molecule has 0 saturated carbocycles. The molecule has 0 saturated heterocycles. The molecule has 24 heavy (non-hydrogen) atoms. The van der Waals surface area contributed by atoms with Crippen LogP contribution in [0.25, 0.3) is 0 Å². The fourth-order valence-corrected chi connectivity index (χ4v) is 2.07. The Hall–Kier alpha value is -2.48. The molecule has 0 spiro atoms. The zero-order valence-corrected chi connectivity index (χ0v) is 13.1. The van der Waals surface area contributed by atoms with E-state index in [2.05, 4.69) is 10.3 Å². The maximum atomic E-state index is 12.6. The van der Waals surface area contributed by atoms with E-state index in [4.69, 9.17) is 9.47 Å². The van der Waals surface area contributed by atoms with E-state index < -0.39 is 18.0 Å². The molecule has 1 aromatic heterocycles. The van der Waals surface area contributed by atoms with Gasteiger partial charge in [-0.1, -0.05) is 12.1 Å². The summed E-state index contributed by atoms with van der Waals surface area (Å²) in [7, 11) is 2.97. The zero-order chi connectivity index (χ0) is 17.7. The summed E-state index contributed by atoms with van der Waals surface area (Å²) in [5.74, 6) is 0.997. The average Bonchev–Trinajstić information content (AvgIpc) is 2.58. The topological polar surface area (TPSA) is 63.6 Å². The summed E-state index contributed by atoms with van der Waals surface area (Å²) in [4.78, 5) is 3.48. The molecule has 0 fully saturated rings. The summed E-state index contributed by atoms with van der Waals surface area (Å²) in [6.45, 7) is -0.0101. The van der Waals surface area contributed by atoms with Crippen molar-refractivity contribution in [1.82, 2.24) is 4.98 Å². The van der Waals surface area contributed by atoms with Crippen molar-refractivity contribution in [3.63, 3.8) is 0 Å². The molecule has 2 N–H and O–H groups in total. The van der Waals surface area contributed by atoms with Gasteiger partial charge in [-0.2, -0.15) is 13.2 Å². The third kappa shape index (κ3) is 4.29. The number of hydrogen-bond donors (Lipinski definition) is 2. The van der Waals surface area contributed by atoms with Crippen LogP contribution in [0.4, 0.5) is 19.0 Å². The second-order valence-corrected chi connectivity index (χ2v) is 4.92. The number of aromatic nitrogens is 1. The predicted octanol–water partition coefficient (Wildman–Crippen LogP) is 3.26. The van der Waals surface area contributed by atoms with E-state index in [0.29, 0.717) is 17.1 Å². The molecule has 8 heteroatoms. The van der Waals surface area contributed by atoms with Crippen LogP contribution in [0.5, 0.6) is 11.5 Å². The molecular formula is C16H17F3N2O3. The first-order valence-electron chi connectivity index (χ1n) is 7.03. The van der Waals surface area contributed by atoms with Crippen molar-refractivity contribution >= 4 is 5.82 Å². The quantitative estimate of drug-likeness (QED) is 0.844. The monoisotopic (exact) mass is 342 g/mol. The number of nitrogens with zero attached hydrogens (tertiary/aromatic N) is 1. The molecule has 0 bridgehead atoms. The Labute approximate surface area is 137 Å². The lowest BCUT2D eigenvalue weighted by Gasteiger charge is -2.15. The molecule has 1 atom stereocenters. The highest BCUT2D eigenvalue weighted by molar-refractivity contribution is 5.44. The van der Waals surface area contributed by atoms with Crippen molar-refractivity contribution in [1.29, 1.82) is 0 Å². The Balaban J connectivity index is 2.07. The summed E-state index contributed by atoms with van der Waals surface area (Å²) in [5, 5.41) is 12.9. The fraction of sp³-hybridized carbons (Fsp3) is 0.312. The average molecular weight is 342 g/mol. The Morgan fingerprint density at radius 3 is 2.46 bits per heavy atom. The number of benzene rings is 1. The summed E-state index contributed by atoms with van der Waals surface area (Å²) in [6, 6.07) is 8.42. The highest BCUT2D eigenvalue weighted by Crippen LogP contribution is 2.30. The molecule has 1 aromatic carbocycles. The molecule has 2 rings (SSSR count).